The molecule has 1 aliphatic rings. The van der Waals surface area contributed by atoms with E-state index in [1.165, 1.54) is 0 Å². The van der Waals surface area contributed by atoms with Gasteiger partial charge in [-0.05, 0) is 50.8 Å². The van der Waals surface area contributed by atoms with Crippen LogP contribution >= 0.6 is 12.4 Å². The molecular weight excluding hydrogens is 300 g/mol. The predicted molar refractivity (Wildman–Crippen MR) is 91.7 cm³/mol. The number of methoxy groups -OCH3 is 1. The highest BCUT2D eigenvalue weighted by Crippen LogP contribution is 2.27. The number of nitrogens with two attached hydrogens (primary N) is 1. The Morgan fingerprint density at radius 3 is 2.73 bits per heavy atom. The molecule has 1 aliphatic heterocycles. The summed E-state index contributed by atoms with van der Waals surface area (Å²) in [6.07, 6.45) is 3.23. The SMILES string of the molecule is COc1cccc(C(C)C(=O)N2CCCCC2C(C)N)c1.Cl. The molecule has 1 aromatic rings. The third-order valence-electron chi connectivity index (χ3n) is 4.40. The van der Waals surface area contributed by atoms with Crippen molar-refractivity contribution >= 4 is 18.3 Å². The average Bonchev–Trinajstić information content (AvgIpc) is 2.53. The van der Waals surface area contributed by atoms with Crippen LogP contribution in [0.2, 0.25) is 0 Å². The maximum absolute atomic E-state index is 12.8. The van der Waals surface area contributed by atoms with Crippen molar-refractivity contribution in [3.05, 3.63) is 29.8 Å². The summed E-state index contributed by atoms with van der Waals surface area (Å²) in [5.41, 5.74) is 7.06. The first-order valence-electron chi connectivity index (χ1n) is 7.74. The van der Waals surface area contributed by atoms with E-state index >= 15 is 0 Å². The van der Waals surface area contributed by atoms with Gasteiger partial charge in [0, 0.05) is 18.6 Å². The summed E-state index contributed by atoms with van der Waals surface area (Å²) < 4.78 is 5.24. The number of halogens is 1. The summed E-state index contributed by atoms with van der Waals surface area (Å²) in [6.45, 7) is 4.77. The molecule has 1 saturated heterocycles. The topological polar surface area (TPSA) is 55.6 Å². The van der Waals surface area contributed by atoms with Crippen molar-refractivity contribution < 1.29 is 9.53 Å². The van der Waals surface area contributed by atoms with Crippen LogP contribution in [0.5, 0.6) is 5.75 Å². The van der Waals surface area contributed by atoms with Crippen molar-refractivity contribution in [1.82, 2.24) is 4.90 Å². The fourth-order valence-corrected chi connectivity index (χ4v) is 3.08. The van der Waals surface area contributed by atoms with Crippen LogP contribution < -0.4 is 10.5 Å². The van der Waals surface area contributed by atoms with Crippen LogP contribution in [0.25, 0.3) is 0 Å². The van der Waals surface area contributed by atoms with Gasteiger partial charge in [-0.1, -0.05) is 12.1 Å². The number of piperidine rings is 1. The van der Waals surface area contributed by atoms with Crippen LogP contribution in [0.3, 0.4) is 0 Å². The predicted octanol–water partition coefficient (Wildman–Crippen LogP) is 2.95. The Hall–Kier alpha value is -1.26. The van der Waals surface area contributed by atoms with E-state index in [0.29, 0.717) is 0 Å². The zero-order valence-electron chi connectivity index (χ0n) is 13.6. The van der Waals surface area contributed by atoms with Crippen molar-refractivity contribution in [2.45, 2.75) is 51.1 Å². The highest BCUT2D eigenvalue weighted by molar-refractivity contribution is 5.85. The standard InChI is InChI=1S/C17H26N2O2.ClH/c1-12(14-7-6-8-15(11-14)21-3)17(20)19-10-5-4-9-16(19)13(2)18;/h6-8,11-13,16H,4-5,9-10,18H2,1-3H3;1H. The van der Waals surface area contributed by atoms with E-state index in [4.69, 9.17) is 10.5 Å². The molecule has 2 N–H and O–H groups in total. The van der Waals surface area contributed by atoms with E-state index in [2.05, 4.69) is 0 Å². The van der Waals surface area contributed by atoms with Crippen molar-refractivity contribution in [1.29, 1.82) is 0 Å². The van der Waals surface area contributed by atoms with E-state index in [9.17, 15) is 4.79 Å². The number of hydrogen-bond donors (Lipinski definition) is 1. The van der Waals surface area contributed by atoms with Crippen LogP contribution in [0.4, 0.5) is 0 Å². The number of ether oxygens (including phenoxy) is 1. The number of carbonyl (C=O) groups is 1. The minimum atomic E-state index is -0.167. The molecule has 1 heterocycles. The summed E-state index contributed by atoms with van der Waals surface area (Å²) in [5, 5.41) is 0. The van der Waals surface area contributed by atoms with Gasteiger partial charge in [-0.25, -0.2) is 0 Å². The van der Waals surface area contributed by atoms with Crippen molar-refractivity contribution in [3.8, 4) is 5.75 Å². The summed E-state index contributed by atoms with van der Waals surface area (Å²) in [6, 6.07) is 7.93. The second kappa shape index (κ2) is 8.39. The molecular formula is C17H27ClN2O2. The van der Waals surface area contributed by atoms with Crippen LogP contribution in [0.1, 0.15) is 44.6 Å². The van der Waals surface area contributed by atoms with Crippen molar-refractivity contribution in [3.63, 3.8) is 0 Å². The number of likely N-dealkylation sites (tertiary alicyclic amines) is 1. The Labute approximate surface area is 139 Å². The van der Waals surface area contributed by atoms with Gasteiger partial charge in [0.2, 0.25) is 5.91 Å². The molecule has 0 saturated carbocycles. The van der Waals surface area contributed by atoms with Gasteiger partial charge in [0.05, 0.1) is 13.0 Å². The Balaban J connectivity index is 0.00000242. The number of nitrogens with zero attached hydrogens (tertiary/aromatic N) is 1. The zero-order valence-corrected chi connectivity index (χ0v) is 14.4. The molecule has 3 unspecified atom stereocenters. The molecule has 2 rings (SSSR count). The highest BCUT2D eigenvalue weighted by Gasteiger charge is 2.32. The monoisotopic (exact) mass is 326 g/mol. The van der Waals surface area contributed by atoms with Crippen molar-refractivity contribution in [2.75, 3.05) is 13.7 Å². The molecule has 1 fully saturated rings. The molecule has 1 aromatic carbocycles. The summed E-state index contributed by atoms with van der Waals surface area (Å²) in [7, 11) is 1.64. The Morgan fingerprint density at radius 2 is 2.09 bits per heavy atom. The van der Waals surface area contributed by atoms with Crippen LogP contribution in [-0.4, -0.2) is 36.5 Å². The molecule has 3 atom stereocenters. The minimum absolute atomic E-state index is 0. The van der Waals surface area contributed by atoms with Gasteiger partial charge < -0.3 is 15.4 Å². The van der Waals surface area contributed by atoms with Crippen LogP contribution in [0, 0.1) is 0 Å². The smallest absolute Gasteiger partial charge is 0.230 e. The van der Waals surface area contributed by atoms with E-state index in [0.717, 1.165) is 37.1 Å². The summed E-state index contributed by atoms with van der Waals surface area (Å²) in [5.74, 6) is 0.791. The van der Waals surface area contributed by atoms with E-state index in [1.807, 2.05) is 43.0 Å². The molecule has 0 radical (unpaired) electrons. The zero-order chi connectivity index (χ0) is 15.4. The molecule has 5 heteroatoms. The Morgan fingerprint density at radius 1 is 1.36 bits per heavy atom. The first-order chi connectivity index (χ1) is 10.0. The maximum atomic E-state index is 12.8. The molecule has 0 aromatic heterocycles. The lowest BCUT2D eigenvalue weighted by Crippen LogP contribution is -2.52. The van der Waals surface area contributed by atoms with Gasteiger partial charge in [-0.3, -0.25) is 4.79 Å². The summed E-state index contributed by atoms with van der Waals surface area (Å²) >= 11 is 0. The van der Waals surface area contributed by atoms with E-state index in [-0.39, 0.29) is 36.3 Å². The lowest BCUT2D eigenvalue weighted by Gasteiger charge is -2.39. The number of rotatable bonds is 4. The van der Waals surface area contributed by atoms with Gasteiger partial charge in [-0.15, -0.1) is 12.4 Å². The first-order valence-corrected chi connectivity index (χ1v) is 7.74. The second-order valence-corrected chi connectivity index (χ2v) is 5.95. The fourth-order valence-electron chi connectivity index (χ4n) is 3.08. The Kier molecular flexibility index (Phi) is 7.17. The number of hydrogen-bond acceptors (Lipinski definition) is 3. The number of amides is 1. The van der Waals surface area contributed by atoms with Gasteiger partial charge in [-0.2, -0.15) is 0 Å². The summed E-state index contributed by atoms with van der Waals surface area (Å²) in [4.78, 5) is 14.8. The second-order valence-electron chi connectivity index (χ2n) is 5.95. The normalized spacial score (nSPS) is 20.7. The van der Waals surface area contributed by atoms with Crippen LogP contribution in [0.15, 0.2) is 24.3 Å². The lowest BCUT2D eigenvalue weighted by atomic mass is 9.93. The highest BCUT2D eigenvalue weighted by atomic mass is 35.5. The largest absolute Gasteiger partial charge is 0.497 e. The van der Waals surface area contributed by atoms with Crippen LogP contribution in [-0.2, 0) is 4.79 Å². The van der Waals surface area contributed by atoms with Gasteiger partial charge >= 0.3 is 0 Å². The molecule has 4 nitrogen and oxygen atoms in total. The van der Waals surface area contributed by atoms with E-state index < -0.39 is 0 Å². The van der Waals surface area contributed by atoms with Gasteiger partial charge in [0.1, 0.15) is 5.75 Å². The average molecular weight is 327 g/mol. The maximum Gasteiger partial charge on any atom is 0.230 e. The number of carbonyl (C=O) groups excluding carboxylic acids is 1. The van der Waals surface area contributed by atoms with E-state index in [1.54, 1.807) is 7.11 Å². The molecule has 0 spiro atoms. The van der Waals surface area contributed by atoms with Gasteiger partial charge in [0.25, 0.3) is 0 Å². The third kappa shape index (κ3) is 4.14. The molecule has 22 heavy (non-hydrogen) atoms. The molecule has 124 valence electrons. The Bertz CT molecular complexity index is 493. The first kappa shape index (κ1) is 18.8. The van der Waals surface area contributed by atoms with Crippen molar-refractivity contribution in [2.24, 2.45) is 5.73 Å². The quantitative estimate of drug-likeness (QED) is 0.925. The number of benzene rings is 1. The molecule has 0 aliphatic carbocycles. The fraction of sp³-hybridized carbons (Fsp3) is 0.588. The molecule has 0 bridgehead atoms. The third-order valence-corrected chi connectivity index (χ3v) is 4.40. The lowest BCUT2D eigenvalue weighted by molar-refractivity contribution is -0.136. The van der Waals surface area contributed by atoms with Gasteiger partial charge in [0.15, 0.2) is 0 Å². The molecule has 1 amide bonds. The minimum Gasteiger partial charge on any atom is -0.497 e.